The molecule has 0 fully saturated rings. The number of hydrogen-bond acceptors (Lipinski definition) is 2. The highest BCUT2D eigenvalue weighted by Crippen LogP contribution is 2.30. The van der Waals surface area contributed by atoms with Crippen molar-refractivity contribution >= 4 is 27.7 Å². The maximum atomic E-state index is 5.17. The molecule has 0 amide bonds. The maximum Gasteiger partial charge on any atom is 0.133 e. The fourth-order valence-corrected chi connectivity index (χ4v) is 2.58. The van der Waals surface area contributed by atoms with Crippen molar-refractivity contribution in [3.63, 3.8) is 0 Å². The Bertz CT molecular complexity index is 299. The summed E-state index contributed by atoms with van der Waals surface area (Å²) in [5.74, 6) is 2.76. The molecule has 14 heavy (non-hydrogen) atoms. The highest BCUT2D eigenvalue weighted by molar-refractivity contribution is 9.10. The van der Waals surface area contributed by atoms with Crippen LogP contribution in [-0.4, -0.2) is 12.9 Å². The average Bonchev–Trinajstić information content (AvgIpc) is 2.15. The van der Waals surface area contributed by atoms with E-state index in [9.17, 15) is 0 Å². The van der Waals surface area contributed by atoms with Gasteiger partial charge in [0, 0.05) is 10.6 Å². The molecule has 0 aromatic heterocycles. The zero-order chi connectivity index (χ0) is 10.6. The van der Waals surface area contributed by atoms with Gasteiger partial charge < -0.3 is 4.74 Å². The summed E-state index contributed by atoms with van der Waals surface area (Å²) < 4.78 is 6.19. The van der Waals surface area contributed by atoms with E-state index in [0.29, 0.717) is 0 Å². The molecule has 0 radical (unpaired) electrons. The van der Waals surface area contributed by atoms with Gasteiger partial charge >= 0.3 is 0 Å². The van der Waals surface area contributed by atoms with Gasteiger partial charge in [-0.25, -0.2) is 0 Å². The van der Waals surface area contributed by atoms with Crippen molar-refractivity contribution in [2.24, 2.45) is 5.92 Å². The van der Waals surface area contributed by atoms with E-state index in [1.165, 1.54) is 4.90 Å². The molecule has 0 aliphatic carbocycles. The van der Waals surface area contributed by atoms with E-state index in [2.05, 4.69) is 41.9 Å². The summed E-state index contributed by atoms with van der Waals surface area (Å²) in [6.45, 7) is 4.46. The summed E-state index contributed by atoms with van der Waals surface area (Å²) in [4.78, 5) is 1.28. The van der Waals surface area contributed by atoms with Crippen LogP contribution in [0.1, 0.15) is 13.8 Å². The molecule has 0 N–H and O–H groups in total. The Morgan fingerprint density at radius 3 is 2.64 bits per heavy atom. The molecule has 0 aliphatic rings. The van der Waals surface area contributed by atoms with Gasteiger partial charge in [-0.15, -0.1) is 11.8 Å². The molecule has 1 rings (SSSR count). The predicted octanol–water partition coefficient (Wildman–Crippen LogP) is 4.21. The second-order valence-corrected chi connectivity index (χ2v) is 5.45. The number of ether oxygens (including phenoxy) is 1. The van der Waals surface area contributed by atoms with Crippen molar-refractivity contribution in [1.29, 1.82) is 0 Å². The van der Waals surface area contributed by atoms with Crippen LogP contribution < -0.4 is 4.74 Å². The van der Waals surface area contributed by atoms with Crippen molar-refractivity contribution < 1.29 is 4.74 Å². The van der Waals surface area contributed by atoms with Crippen LogP contribution in [0.25, 0.3) is 0 Å². The molecular formula is C11H15BrOS. The molecule has 0 spiro atoms. The van der Waals surface area contributed by atoms with E-state index < -0.39 is 0 Å². The second-order valence-electron chi connectivity index (χ2n) is 3.50. The lowest BCUT2D eigenvalue weighted by atomic mass is 10.3. The second kappa shape index (κ2) is 5.66. The summed E-state index contributed by atoms with van der Waals surface area (Å²) >= 11 is 5.35. The van der Waals surface area contributed by atoms with E-state index in [1.807, 2.05) is 17.8 Å². The lowest BCUT2D eigenvalue weighted by Crippen LogP contribution is -1.90. The van der Waals surface area contributed by atoms with Crippen molar-refractivity contribution in [3.05, 3.63) is 22.7 Å². The largest absolute Gasteiger partial charge is 0.496 e. The van der Waals surface area contributed by atoms with Crippen LogP contribution in [0.15, 0.2) is 27.6 Å². The van der Waals surface area contributed by atoms with Crippen LogP contribution in [0.2, 0.25) is 0 Å². The zero-order valence-electron chi connectivity index (χ0n) is 8.71. The number of thioether (sulfide) groups is 1. The Morgan fingerprint density at radius 1 is 1.43 bits per heavy atom. The van der Waals surface area contributed by atoms with E-state index in [-0.39, 0.29) is 0 Å². The first kappa shape index (κ1) is 11.9. The minimum Gasteiger partial charge on any atom is -0.496 e. The molecule has 1 nitrogen and oxygen atoms in total. The molecule has 0 atom stereocenters. The van der Waals surface area contributed by atoms with Gasteiger partial charge in [-0.05, 0) is 40.0 Å². The molecule has 0 aliphatic heterocycles. The molecule has 1 aromatic rings. The smallest absolute Gasteiger partial charge is 0.133 e. The lowest BCUT2D eigenvalue weighted by molar-refractivity contribution is 0.412. The van der Waals surface area contributed by atoms with Gasteiger partial charge in [-0.2, -0.15) is 0 Å². The lowest BCUT2D eigenvalue weighted by Gasteiger charge is -2.07. The van der Waals surface area contributed by atoms with Gasteiger partial charge in [0.2, 0.25) is 0 Å². The van der Waals surface area contributed by atoms with E-state index in [1.54, 1.807) is 7.11 Å². The average molecular weight is 275 g/mol. The number of methoxy groups -OCH3 is 1. The number of benzene rings is 1. The summed E-state index contributed by atoms with van der Waals surface area (Å²) in [6, 6.07) is 6.19. The number of hydrogen-bond donors (Lipinski definition) is 0. The quantitative estimate of drug-likeness (QED) is 0.761. The molecule has 1 aromatic carbocycles. The Morgan fingerprint density at radius 2 is 2.14 bits per heavy atom. The van der Waals surface area contributed by atoms with Crippen LogP contribution in [0.5, 0.6) is 5.75 Å². The van der Waals surface area contributed by atoms with Gasteiger partial charge in [0.05, 0.1) is 11.6 Å². The molecule has 3 heteroatoms. The van der Waals surface area contributed by atoms with E-state index in [4.69, 9.17) is 4.74 Å². The number of halogens is 1. The first-order chi connectivity index (χ1) is 6.63. The van der Waals surface area contributed by atoms with Crippen molar-refractivity contribution in [1.82, 2.24) is 0 Å². The highest BCUT2D eigenvalue weighted by Gasteiger charge is 2.02. The fourth-order valence-electron chi connectivity index (χ4n) is 1.000. The van der Waals surface area contributed by atoms with Crippen molar-refractivity contribution in [2.45, 2.75) is 18.7 Å². The monoisotopic (exact) mass is 274 g/mol. The van der Waals surface area contributed by atoms with Crippen LogP contribution in [0.4, 0.5) is 0 Å². The SMILES string of the molecule is COc1ccc(SCC(C)C)cc1Br. The Labute approximate surface area is 98.4 Å². The minimum atomic E-state index is 0.723. The first-order valence-electron chi connectivity index (χ1n) is 4.60. The van der Waals surface area contributed by atoms with Gasteiger partial charge in [-0.1, -0.05) is 13.8 Å². The number of rotatable bonds is 4. The van der Waals surface area contributed by atoms with Gasteiger partial charge in [0.15, 0.2) is 0 Å². The first-order valence-corrected chi connectivity index (χ1v) is 6.37. The molecule has 0 saturated heterocycles. The van der Waals surface area contributed by atoms with Crippen molar-refractivity contribution in [3.8, 4) is 5.75 Å². The third-order valence-corrected chi connectivity index (χ3v) is 3.75. The molecule has 0 unspecified atom stereocenters. The normalized spacial score (nSPS) is 10.6. The Balaban J connectivity index is 2.66. The van der Waals surface area contributed by atoms with Gasteiger partial charge in [-0.3, -0.25) is 0 Å². The molecule has 0 heterocycles. The molecule has 78 valence electrons. The van der Waals surface area contributed by atoms with Crippen LogP contribution >= 0.6 is 27.7 Å². The van der Waals surface area contributed by atoms with Gasteiger partial charge in [0.1, 0.15) is 5.75 Å². The minimum absolute atomic E-state index is 0.723. The highest BCUT2D eigenvalue weighted by atomic mass is 79.9. The predicted molar refractivity (Wildman–Crippen MR) is 66.3 cm³/mol. The van der Waals surface area contributed by atoms with Crippen LogP contribution in [-0.2, 0) is 0 Å². The third-order valence-electron chi connectivity index (χ3n) is 1.71. The summed E-state index contributed by atoms with van der Waals surface area (Å²) in [5, 5.41) is 0. The molecular weight excluding hydrogens is 260 g/mol. The Hall–Kier alpha value is -0.150. The van der Waals surface area contributed by atoms with Crippen molar-refractivity contribution in [2.75, 3.05) is 12.9 Å². The standard InChI is InChI=1S/C11H15BrOS/c1-8(2)7-14-9-4-5-11(13-3)10(12)6-9/h4-6,8H,7H2,1-3H3. The topological polar surface area (TPSA) is 9.23 Å². The van der Waals surface area contributed by atoms with E-state index in [0.717, 1.165) is 21.9 Å². The summed E-state index contributed by atoms with van der Waals surface area (Å²) in [5.41, 5.74) is 0. The van der Waals surface area contributed by atoms with Crippen LogP contribution in [0, 0.1) is 5.92 Å². The zero-order valence-corrected chi connectivity index (χ0v) is 11.1. The fraction of sp³-hybridized carbons (Fsp3) is 0.455. The Kier molecular flexibility index (Phi) is 4.82. The van der Waals surface area contributed by atoms with E-state index >= 15 is 0 Å². The van der Waals surface area contributed by atoms with Crippen LogP contribution in [0.3, 0.4) is 0 Å². The summed E-state index contributed by atoms with van der Waals surface area (Å²) in [6.07, 6.45) is 0. The van der Waals surface area contributed by atoms with Gasteiger partial charge in [0.25, 0.3) is 0 Å². The maximum absolute atomic E-state index is 5.17. The molecule has 0 saturated carbocycles. The molecule has 0 bridgehead atoms. The third kappa shape index (κ3) is 3.54. The summed E-state index contributed by atoms with van der Waals surface area (Å²) in [7, 11) is 1.68.